The molecule has 1 aromatic heterocycles. The highest BCUT2D eigenvalue weighted by Crippen LogP contribution is 2.31. The first-order valence-corrected chi connectivity index (χ1v) is 10.6. The largest absolute Gasteiger partial charge is 0.396 e. The summed E-state index contributed by atoms with van der Waals surface area (Å²) in [6.45, 7) is 1.26. The van der Waals surface area contributed by atoms with Gasteiger partial charge in [0.25, 0.3) is 11.8 Å². The molecule has 10 heteroatoms. The van der Waals surface area contributed by atoms with Crippen molar-refractivity contribution in [3.63, 3.8) is 0 Å². The number of hydrogen-bond donors (Lipinski definition) is 3. The third kappa shape index (κ3) is 4.88. The second kappa shape index (κ2) is 9.92. The molecule has 1 aliphatic heterocycles. The number of carbonyl (C=O) groups excluding carboxylic acids is 4. The van der Waals surface area contributed by atoms with E-state index in [9.17, 15) is 24.3 Å². The number of rotatable bonds is 9. The zero-order valence-corrected chi connectivity index (χ0v) is 17.6. The number of ether oxygens (including phenoxy) is 1. The van der Waals surface area contributed by atoms with Gasteiger partial charge in [-0.2, -0.15) is 0 Å². The quantitative estimate of drug-likeness (QED) is 0.297. The fourth-order valence-corrected chi connectivity index (χ4v) is 4.19. The maximum atomic E-state index is 13.0. The Morgan fingerprint density at radius 2 is 1.77 bits per heavy atom. The van der Waals surface area contributed by atoms with Crippen molar-refractivity contribution in [3.8, 4) is 0 Å². The number of imide groups is 1. The molecule has 0 spiro atoms. The van der Waals surface area contributed by atoms with Crippen LogP contribution in [-0.4, -0.2) is 52.6 Å². The highest BCUT2D eigenvalue weighted by molar-refractivity contribution is 7.10. The number of nitrogens with one attached hydrogen (secondary N) is 1. The Bertz CT molecular complexity index is 940. The molecule has 31 heavy (non-hydrogen) atoms. The molecule has 1 aromatic carbocycles. The highest BCUT2D eigenvalue weighted by Gasteiger charge is 2.41. The number of amides is 2. The first kappa shape index (κ1) is 22.8. The van der Waals surface area contributed by atoms with Crippen molar-refractivity contribution in [1.29, 1.82) is 0 Å². The van der Waals surface area contributed by atoms with Crippen LogP contribution in [0.2, 0.25) is 0 Å². The van der Waals surface area contributed by atoms with Crippen LogP contribution >= 0.6 is 11.3 Å². The molecule has 4 N–H and O–H groups in total. The zero-order valence-electron chi connectivity index (χ0n) is 16.8. The Hall–Kier alpha value is -2.92. The summed E-state index contributed by atoms with van der Waals surface area (Å²) in [5, 5.41) is 11.9. The molecule has 164 valence electrons. The van der Waals surface area contributed by atoms with Gasteiger partial charge in [0, 0.05) is 17.4 Å². The van der Waals surface area contributed by atoms with Crippen LogP contribution in [0, 0.1) is 0 Å². The van der Waals surface area contributed by atoms with E-state index >= 15 is 0 Å². The van der Waals surface area contributed by atoms with Gasteiger partial charge >= 0.3 is 11.9 Å². The summed E-state index contributed by atoms with van der Waals surface area (Å²) in [4.78, 5) is 51.2. The average molecular weight is 445 g/mol. The van der Waals surface area contributed by atoms with Crippen LogP contribution in [0.25, 0.3) is 0 Å². The van der Waals surface area contributed by atoms with Gasteiger partial charge in [-0.15, -0.1) is 11.3 Å². The molecule has 9 nitrogen and oxygen atoms in total. The number of nitrogens with zero attached hydrogens (tertiary/aromatic N) is 1. The minimum atomic E-state index is -1.24. The minimum Gasteiger partial charge on any atom is -0.396 e. The van der Waals surface area contributed by atoms with E-state index in [4.69, 9.17) is 10.5 Å². The topological polar surface area (TPSA) is 139 Å². The van der Waals surface area contributed by atoms with Gasteiger partial charge < -0.3 is 15.6 Å². The highest BCUT2D eigenvalue weighted by atomic mass is 32.1. The van der Waals surface area contributed by atoms with E-state index in [1.165, 1.54) is 30.4 Å². The smallest absolute Gasteiger partial charge is 0.333 e. The van der Waals surface area contributed by atoms with Crippen molar-refractivity contribution in [2.45, 2.75) is 37.8 Å². The normalized spacial score (nSPS) is 16.0. The lowest BCUT2D eigenvalue weighted by molar-refractivity contribution is -0.162. The lowest BCUT2D eigenvalue weighted by Gasteiger charge is -2.29. The third-order valence-corrected chi connectivity index (χ3v) is 5.88. The van der Waals surface area contributed by atoms with Crippen LogP contribution in [-0.2, 0) is 14.3 Å². The summed E-state index contributed by atoms with van der Waals surface area (Å²) in [7, 11) is 0. The molecule has 2 aromatic rings. The molecule has 3 atom stereocenters. The first-order valence-electron chi connectivity index (χ1n) is 9.74. The number of carbonyl (C=O) groups is 4. The van der Waals surface area contributed by atoms with Gasteiger partial charge in [0.2, 0.25) is 0 Å². The zero-order chi connectivity index (χ0) is 22.5. The van der Waals surface area contributed by atoms with Gasteiger partial charge in [0.05, 0.1) is 11.1 Å². The molecule has 1 unspecified atom stereocenters. The monoisotopic (exact) mass is 445 g/mol. The molecular formula is C21H23N3O6S. The van der Waals surface area contributed by atoms with Crippen molar-refractivity contribution in [2.75, 3.05) is 6.61 Å². The van der Waals surface area contributed by atoms with Gasteiger partial charge in [-0.3, -0.25) is 9.59 Å². The molecule has 1 aliphatic rings. The second-order valence-corrected chi connectivity index (χ2v) is 8.09. The summed E-state index contributed by atoms with van der Waals surface area (Å²) in [5.74, 6) is -3.67. The number of fused-ring (bicyclic) bond motifs is 1. The number of hydrogen-bond acceptors (Lipinski definition) is 9. The van der Waals surface area contributed by atoms with Gasteiger partial charge in [0.1, 0.15) is 12.1 Å². The number of esters is 2. The van der Waals surface area contributed by atoms with Crippen molar-refractivity contribution in [2.24, 2.45) is 5.73 Å². The maximum Gasteiger partial charge on any atom is 0.333 e. The van der Waals surface area contributed by atoms with Crippen LogP contribution < -0.4 is 11.2 Å². The van der Waals surface area contributed by atoms with E-state index in [2.05, 4.69) is 5.43 Å². The van der Waals surface area contributed by atoms with Crippen LogP contribution in [0.15, 0.2) is 41.8 Å². The number of benzene rings is 1. The van der Waals surface area contributed by atoms with E-state index in [0.29, 0.717) is 12.8 Å². The lowest BCUT2D eigenvalue weighted by atomic mass is 9.93. The standard InChI is InChI=1S/C21H23N3O6S/c1-12(22)20(28)30-21(29)17(15(8-4-10-25)16-9-5-11-31-16)23-24-18(26)13-6-2-3-7-14(13)19(24)27/h2-3,5-7,9,11-12,15,17,23,25H,4,8,10,22H2,1H3/t12-,15?,17-/m0/s1. The molecule has 0 saturated carbocycles. The summed E-state index contributed by atoms with van der Waals surface area (Å²) < 4.78 is 4.92. The molecule has 0 radical (unpaired) electrons. The van der Waals surface area contributed by atoms with E-state index in [1.807, 2.05) is 5.38 Å². The molecule has 0 saturated heterocycles. The molecule has 2 amide bonds. The Morgan fingerprint density at radius 1 is 1.13 bits per heavy atom. The fraction of sp³-hybridized carbons (Fsp3) is 0.333. The van der Waals surface area contributed by atoms with Crippen molar-refractivity contribution in [1.82, 2.24) is 10.4 Å². The molecule has 0 bridgehead atoms. The fourth-order valence-electron chi connectivity index (χ4n) is 3.29. The van der Waals surface area contributed by atoms with E-state index in [-0.39, 0.29) is 17.7 Å². The minimum absolute atomic E-state index is 0.116. The van der Waals surface area contributed by atoms with Gasteiger partial charge in [-0.25, -0.2) is 20.0 Å². The molecule has 3 rings (SSSR count). The van der Waals surface area contributed by atoms with E-state index < -0.39 is 41.8 Å². The summed E-state index contributed by atoms with van der Waals surface area (Å²) in [6.07, 6.45) is 0.705. The third-order valence-electron chi connectivity index (χ3n) is 4.87. The number of thiophene rings is 1. The summed E-state index contributed by atoms with van der Waals surface area (Å²) >= 11 is 1.37. The second-order valence-electron chi connectivity index (χ2n) is 7.11. The molecule has 2 heterocycles. The Balaban J connectivity index is 1.93. The van der Waals surface area contributed by atoms with E-state index in [0.717, 1.165) is 9.89 Å². The van der Waals surface area contributed by atoms with E-state index in [1.54, 1.807) is 24.3 Å². The van der Waals surface area contributed by atoms with Crippen LogP contribution in [0.4, 0.5) is 0 Å². The van der Waals surface area contributed by atoms with Crippen LogP contribution in [0.1, 0.15) is 51.3 Å². The molecule has 0 fully saturated rings. The summed E-state index contributed by atoms with van der Waals surface area (Å²) in [5.41, 5.74) is 8.62. The number of hydrazine groups is 1. The van der Waals surface area contributed by atoms with Crippen LogP contribution in [0.5, 0.6) is 0 Å². The predicted octanol–water partition coefficient (Wildman–Crippen LogP) is 1.19. The Kier molecular flexibility index (Phi) is 7.29. The van der Waals surface area contributed by atoms with Gasteiger partial charge in [-0.1, -0.05) is 18.2 Å². The first-order chi connectivity index (χ1) is 14.8. The van der Waals surface area contributed by atoms with Crippen molar-refractivity contribution >= 4 is 35.1 Å². The molecular weight excluding hydrogens is 422 g/mol. The van der Waals surface area contributed by atoms with Crippen molar-refractivity contribution < 1.29 is 29.0 Å². The van der Waals surface area contributed by atoms with Gasteiger partial charge in [-0.05, 0) is 43.3 Å². The van der Waals surface area contributed by atoms with Crippen LogP contribution in [0.3, 0.4) is 0 Å². The Morgan fingerprint density at radius 3 is 2.29 bits per heavy atom. The SMILES string of the molecule is C[C@H](N)C(=O)OC(=O)[C@@H](NN1C(=O)c2ccccc2C1=O)C(CCCO)c1cccs1. The van der Waals surface area contributed by atoms with Gasteiger partial charge in [0.15, 0.2) is 0 Å². The Labute approximate surface area is 182 Å². The van der Waals surface area contributed by atoms with Crippen molar-refractivity contribution in [3.05, 3.63) is 57.8 Å². The predicted molar refractivity (Wildman–Crippen MR) is 112 cm³/mol. The number of nitrogens with two attached hydrogens (primary N) is 1. The number of aliphatic hydroxyl groups excluding tert-OH is 1. The summed E-state index contributed by atoms with van der Waals surface area (Å²) in [6, 6.07) is 7.64. The molecule has 0 aliphatic carbocycles. The lowest BCUT2D eigenvalue weighted by Crippen LogP contribution is -2.54. The average Bonchev–Trinajstić information content (AvgIpc) is 3.36. The maximum absolute atomic E-state index is 13.0. The number of aliphatic hydroxyl groups is 1.